The first-order valence-electron chi connectivity index (χ1n) is 6.29. The third-order valence-electron chi connectivity index (χ3n) is 2.66. The topological polar surface area (TPSA) is 57.1 Å². The minimum Gasteiger partial charge on any atom is -0.463 e. The maximum Gasteiger partial charge on any atom is 0.350 e. The number of carbonyl (C=O) groups is 1. The quantitative estimate of drug-likeness (QED) is 0.736. The standard InChI is InChI=1S/C14H17NO4/c1-2-18-14(16)13-8-12(15-19-13)10-17-9-11-6-4-3-5-7-11/h3-7,13H,2,8-10H2,1H3. The van der Waals surface area contributed by atoms with Gasteiger partial charge in [0.05, 0.1) is 25.5 Å². The molecule has 0 spiro atoms. The summed E-state index contributed by atoms with van der Waals surface area (Å²) in [6.07, 6.45) is -0.177. The van der Waals surface area contributed by atoms with Gasteiger partial charge in [-0.05, 0) is 12.5 Å². The molecule has 5 nitrogen and oxygen atoms in total. The van der Waals surface area contributed by atoms with Crippen LogP contribution < -0.4 is 0 Å². The lowest BCUT2D eigenvalue weighted by Gasteiger charge is -2.06. The highest BCUT2D eigenvalue weighted by Gasteiger charge is 2.29. The normalized spacial score (nSPS) is 17.7. The van der Waals surface area contributed by atoms with Gasteiger partial charge < -0.3 is 14.3 Å². The average Bonchev–Trinajstić information content (AvgIpc) is 2.89. The third kappa shape index (κ3) is 4.06. The van der Waals surface area contributed by atoms with Crippen molar-refractivity contribution < 1.29 is 19.1 Å². The van der Waals surface area contributed by atoms with Crippen LogP contribution in [-0.2, 0) is 25.7 Å². The summed E-state index contributed by atoms with van der Waals surface area (Å²) >= 11 is 0. The molecule has 0 saturated carbocycles. The van der Waals surface area contributed by atoms with Gasteiger partial charge in [-0.15, -0.1) is 0 Å². The van der Waals surface area contributed by atoms with Crippen molar-refractivity contribution in [2.24, 2.45) is 5.16 Å². The van der Waals surface area contributed by atoms with Crippen LogP contribution in [-0.4, -0.2) is 31.0 Å². The van der Waals surface area contributed by atoms with Crippen LogP contribution in [0.2, 0.25) is 0 Å². The average molecular weight is 263 g/mol. The van der Waals surface area contributed by atoms with E-state index in [1.807, 2.05) is 30.3 Å². The molecule has 0 aliphatic carbocycles. The summed E-state index contributed by atoms with van der Waals surface area (Å²) in [6, 6.07) is 9.88. The van der Waals surface area contributed by atoms with Gasteiger partial charge in [0.2, 0.25) is 6.10 Å². The molecular weight excluding hydrogens is 246 g/mol. The Balaban J connectivity index is 1.69. The van der Waals surface area contributed by atoms with Gasteiger partial charge >= 0.3 is 5.97 Å². The molecule has 1 aliphatic rings. The van der Waals surface area contributed by atoms with Crippen LogP contribution in [0.15, 0.2) is 35.5 Å². The summed E-state index contributed by atoms with van der Waals surface area (Å²) in [7, 11) is 0. The number of ether oxygens (including phenoxy) is 2. The third-order valence-corrected chi connectivity index (χ3v) is 2.66. The van der Waals surface area contributed by atoms with E-state index in [2.05, 4.69) is 5.16 Å². The van der Waals surface area contributed by atoms with Gasteiger partial charge in [-0.1, -0.05) is 35.5 Å². The largest absolute Gasteiger partial charge is 0.463 e. The van der Waals surface area contributed by atoms with Gasteiger partial charge in [0.15, 0.2) is 0 Å². The minimum absolute atomic E-state index is 0.346. The summed E-state index contributed by atoms with van der Waals surface area (Å²) in [6.45, 7) is 2.99. The van der Waals surface area contributed by atoms with E-state index in [1.54, 1.807) is 6.92 Å². The van der Waals surface area contributed by atoms with Gasteiger partial charge in [0.25, 0.3) is 0 Å². The molecule has 19 heavy (non-hydrogen) atoms. The number of benzene rings is 1. The smallest absolute Gasteiger partial charge is 0.350 e. The van der Waals surface area contributed by atoms with E-state index in [-0.39, 0.29) is 5.97 Å². The fourth-order valence-electron chi connectivity index (χ4n) is 1.73. The molecule has 1 heterocycles. The molecule has 0 fully saturated rings. The Kier molecular flexibility index (Phi) is 4.92. The van der Waals surface area contributed by atoms with E-state index in [4.69, 9.17) is 14.3 Å². The first kappa shape index (κ1) is 13.5. The fourth-order valence-corrected chi connectivity index (χ4v) is 1.73. The van der Waals surface area contributed by atoms with Crippen LogP contribution in [0.5, 0.6) is 0 Å². The molecule has 0 radical (unpaired) electrons. The number of nitrogens with zero attached hydrogens (tertiary/aromatic N) is 1. The monoisotopic (exact) mass is 263 g/mol. The number of esters is 1. The first-order valence-corrected chi connectivity index (χ1v) is 6.29. The zero-order valence-corrected chi connectivity index (χ0v) is 10.9. The second-order valence-electron chi connectivity index (χ2n) is 4.19. The van der Waals surface area contributed by atoms with Crippen LogP contribution in [0, 0.1) is 0 Å². The van der Waals surface area contributed by atoms with Crippen molar-refractivity contribution in [3.63, 3.8) is 0 Å². The van der Waals surface area contributed by atoms with Gasteiger partial charge in [-0.2, -0.15) is 0 Å². The number of carbonyl (C=O) groups excluding carboxylic acids is 1. The molecule has 0 aromatic heterocycles. The number of hydrogen-bond donors (Lipinski definition) is 0. The Hall–Kier alpha value is -1.88. The van der Waals surface area contributed by atoms with Crippen molar-refractivity contribution in [2.45, 2.75) is 26.1 Å². The van der Waals surface area contributed by atoms with E-state index in [0.717, 1.165) is 11.3 Å². The Morgan fingerprint density at radius 2 is 2.16 bits per heavy atom. The lowest BCUT2D eigenvalue weighted by Crippen LogP contribution is -2.24. The van der Waals surface area contributed by atoms with Crippen molar-refractivity contribution in [3.05, 3.63) is 35.9 Å². The summed E-state index contributed by atoms with van der Waals surface area (Å²) in [4.78, 5) is 16.4. The lowest BCUT2D eigenvalue weighted by atomic mass is 10.2. The molecule has 2 rings (SSSR count). The van der Waals surface area contributed by atoms with Crippen LogP contribution in [0.3, 0.4) is 0 Å². The summed E-state index contributed by atoms with van der Waals surface area (Å²) in [5, 5.41) is 3.84. The maximum absolute atomic E-state index is 11.4. The molecule has 1 aromatic rings. The van der Waals surface area contributed by atoms with Crippen molar-refractivity contribution >= 4 is 11.7 Å². The number of rotatable bonds is 6. The molecule has 102 valence electrons. The lowest BCUT2D eigenvalue weighted by molar-refractivity contribution is -0.154. The Morgan fingerprint density at radius 1 is 1.37 bits per heavy atom. The Labute approximate surface area is 112 Å². The molecule has 1 aromatic carbocycles. The Bertz CT molecular complexity index is 444. The summed E-state index contributed by atoms with van der Waals surface area (Å²) in [5.41, 5.74) is 1.83. The summed E-state index contributed by atoms with van der Waals surface area (Å²) < 4.78 is 10.4. The Morgan fingerprint density at radius 3 is 2.89 bits per heavy atom. The highest BCUT2D eigenvalue weighted by molar-refractivity contribution is 5.91. The van der Waals surface area contributed by atoms with Crippen molar-refractivity contribution in [3.8, 4) is 0 Å². The van der Waals surface area contributed by atoms with Crippen LogP contribution >= 0.6 is 0 Å². The predicted molar refractivity (Wildman–Crippen MR) is 69.7 cm³/mol. The molecule has 0 bridgehead atoms. The zero-order chi connectivity index (χ0) is 13.5. The predicted octanol–water partition coefficient (Wildman–Crippen LogP) is 1.91. The van der Waals surface area contributed by atoms with E-state index in [1.165, 1.54) is 0 Å². The molecule has 0 amide bonds. The van der Waals surface area contributed by atoms with E-state index in [0.29, 0.717) is 26.2 Å². The van der Waals surface area contributed by atoms with Gasteiger partial charge in [-0.25, -0.2) is 4.79 Å². The second-order valence-corrected chi connectivity index (χ2v) is 4.19. The van der Waals surface area contributed by atoms with E-state index < -0.39 is 6.10 Å². The molecule has 0 saturated heterocycles. The number of oxime groups is 1. The molecular formula is C14H17NO4. The van der Waals surface area contributed by atoms with Crippen molar-refractivity contribution in [1.82, 2.24) is 0 Å². The molecule has 0 N–H and O–H groups in total. The zero-order valence-electron chi connectivity index (χ0n) is 10.9. The van der Waals surface area contributed by atoms with Crippen LogP contribution in [0.1, 0.15) is 18.9 Å². The van der Waals surface area contributed by atoms with Crippen LogP contribution in [0.25, 0.3) is 0 Å². The van der Waals surface area contributed by atoms with E-state index in [9.17, 15) is 4.79 Å². The molecule has 5 heteroatoms. The fraction of sp³-hybridized carbons (Fsp3) is 0.429. The number of hydrogen-bond acceptors (Lipinski definition) is 5. The highest BCUT2D eigenvalue weighted by Crippen LogP contribution is 2.13. The van der Waals surface area contributed by atoms with Crippen molar-refractivity contribution in [2.75, 3.05) is 13.2 Å². The van der Waals surface area contributed by atoms with Gasteiger partial charge in [-0.3, -0.25) is 0 Å². The van der Waals surface area contributed by atoms with Crippen LogP contribution in [0.4, 0.5) is 0 Å². The second kappa shape index (κ2) is 6.89. The van der Waals surface area contributed by atoms with Gasteiger partial charge in [0.1, 0.15) is 0 Å². The summed E-state index contributed by atoms with van der Waals surface area (Å²) in [5.74, 6) is -0.371. The van der Waals surface area contributed by atoms with Crippen molar-refractivity contribution in [1.29, 1.82) is 0 Å². The SMILES string of the molecule is CCOC(=O)C1CC(COCc2ccccc2)=NO1. The van der Waals surface area contributed by atoms with Gasteiger partial charge in [0, 0.05) is 6.42 Å². The molecule has 1 aliphatic heterocycles. The molecule has 1 unspecified atom stereocenters. The maximum atomic E-state index is 11.4. The molecule has 1 atom stereocenters. The highest BCUT2D eigenvalue weighted by atomic mass is 16.7. The van der Waals surface area contributed by atoms with E-state index >= 15 is 0 Å². The first-order chi connectivity index (χ1) is 9.29. The minimum atomic E-state index is -0.615.